The van der Waals surface area contributed by atoms with E-state index in [1.807, 2.05) is 29.0 Å². The highest BCUT2D eigenvalue weighted by Crippen LogP contribution is 2.33. The highest BCUT2D eigenvalue weighted by molar-refractivity contribution is 5.88. The van der Waals surface area contributed by atoms with Crippen molar-refractivity contribution in [3.8, 4) is 28.6 Å². The fourth-order valence-electron chi connectivity index (χ4n) is 5.23. The van der Waals surface area contributed by atoms with Crippen LogP contribution in [-0.2, 0) is 27.4 Å². The molecule has 4 heterocycles. The van der Waals surface area contributed by atoms with Gasteiger partial charge in [-0.15, -0.1) is 0 Å². The van der Waals surface area contributed by atoms with Crippen LogP contribution in [0, 0.1) is 0 Å². The van der Waals surface area contributed by atoms with Gasteiger partial charge in [-0.3, -0.25) is 14.3 Å². The van der Waals surface area contributed by atoms with E-state index in [-0.39, 0.29) is 19.1 Å². The van der Waals surface area contributed by atoms with E-state index >= 15 is 0 Å². The largest absolute Gasteiger partial charge is 0.493 e. The lowest BCUT2D eigenvalue weighted by Crippen LogP contribution is -2.46. The Kier molecular flexibility index (Phi) is 7.08. The van der Waals surface area contributed by atoms with Crippen LogP contribution in [0.5, 0.6) is 11.5 Å². The van der Waals surface area contributed by atoms with Crippen LogP contribution in [0.2, 0.25) is 0 Å². The molecule has 39 heavy (non-hydrogen) atoms. The van der Waals surface area contributed by atoms with Crippen molar-refractivity contribution in [2.24, 2.45) is 0 Å². The Labute approximate surface area is 226 Å². The van der Waals surface area contributed by atoms with Crippen molar-refractivity contribution in [3.05, 3.63) is 59.9 Å². The van der Waals surface area contributed by atoms with E-state index in [0.717, 1.165) is 61.1 Å². The number of fused-ring (bicyclic) bond motifs is 7. The molecule has 1 N–H and O–H groups in total. The van der Waals surface area contributed by atoms with Crippen molar-refractivity contribution in [1.29, 1.82) is 0 Å². The number of amides is 2. The highest BCUT2D eigenvalue weighted by atomic mass is 16.6. The molecule has 11 heteroatoms. The first-order valence-electron chi connectivity index (χ1n) is 13.1. The smallest absolute Gasteiger partial charge is 0.407 e. The maximum Gasteiger partial charge on any atom is 0.407 e. The summed E-state index contributed by atoms with van der Waals surface area (Å²) in [5, 5.41) is 2.61. The van der Waals surface area contributed by atoms with Crippen molar-refractivity contribution >= 4 is 12.0 Å². The summed E-state index contributed by atoms with van der Waals surface area (Å²) in [7, 11) is 1.59. The average molecular weight is 534 g/mol. The third-order valence-electron chi connectivity index (χ3n) is 7.16. The SMILES string of the molecule is COc1ccc2cc1OCCN(C(=O)[C@@H]1COC(=O)N1)Cc1cc(CN3CCOCC3)cc(c1)-n1ccnc1-2. The van der Waals surface area contributed by atoms with E-state index in [2.05, 4.69) is 33.4 Å². The lowest BCUT2D eigenvalue weighted by molar-refractivity contribution is -0.134. The first-order chi connectivity index (χ1) is 19.1. The van der Waals surface area contributed by atoms with Gasteiger partial charge in [-0.2, -0.15) is 0 Å². The molecular formula is C28H31N5O6. The maximum atomic E-state index is 13.5. The molecule has 0 spiro atoms. The minimum absolute atomic E-state index is 0.00556. The summed E-state index contributed by atoms with van der Waals surface area (Å²) in [6.45, 7) is 4.84. The number of imidazole rings is 1. The van der Waals surface area contributed by atoms with Gasteiger partial charge in [-0.1, -0.05) is 6.07 Å². The molecule has 4 bridgehead atoms. The highest BCUT2D eigenvalue weighted by Gasteiger charge is 2.32. The first kappa shape index (κ1) is 25.2. The Morgan fingerprint density at radius 1 is 1.10 bits per heavy atom. The Morgan fingerprint density at radius 2 is 1.97 bits per heavy atom. The van der Waals surface area contributed by atoms with Crippen molar-refractivity contribution in [2.75, 3.05) is 53.2 Å². The number of carbonyl (C=O) groups excluding carboxylic acids is 2. The van der Waals surface area contributed by atoms with Crippen LogP contribution in [0.15, 0.2) is 48.8 Å². The molecule has 0 radical (unpaired) electrons. The predicted octanol–water partition coefficient (Wildman–Crippen LogP) is 2.21. The summed E-state index contributed by atoms with van der Waals surface area (Å²) in [5.41, 5.74) is 3.94. The number of benzene rings is 2. The fraction of sp³-hybridized carbons (Fsp3) is 0.393. The van der Waals surface area contributed by atoms with Gasteiger partial charge in [-0.25, -0.2) is 9.78 Å². The minimum atomic E-state index is -0.734. The van der Waals surface area contributed by atoms with Gasteiger partial charge in [0.1, 0.15) is 25.1 Å². The predicted molar refractivity (Wildman–Crippen MR) is 141 cm³/mol. The molecule has 1 atom stereocenters. The van der Waals surface area contributed by atoms with Gasteiger partial charge in [0, 0.05) is 49.8 Å². The van der Waals surface area contributed by atoms with E-state index in [1.165, 1.54) is 0 Å². The lowest BCUT2D eigenvalue weighted by atomic mass is 10.1. The molecule has 0 aliphatic carbocycles. The number of ether oxygens (including phenoxy) is 4. The van der Waals surface area contributed by atoms with Crippen LogP contribution in [-0.4, -0.2) is 90.6 Å². The number of morpholine rings is 1. The summed E-state index contributed by atoms with van der Waals surface area (Å²) in [4.78, 5) is 33.9. The van der Waals surface area contributed by atoms with E-state index in [0.29, 0.717) is 24.6 Å². The van der Waals surface area contributed by atoms with E-state index in [1.54, 1.807) is 18.2 Å². The number of cyclic esters (lactones) is 1. The zero-order valence-electron chi connectivity index (χ0n) is 21.8. The van der Waals surface area contributed by atoms with Crippen LogP contribution in [0.1, 0.15) is 11.1 Å². The molecule has 2 saturated heterocycles. The molecule has 0 saturated carbocycles. The molecular weight excluding hydrogens is 502 g/mol. The van der Waals surface area contributed by atoms with E-state index < -0.39 is 12.1 Å². The number of alkyl carbamates (subject to hydrolysis) is 1. The topological polar surface area (TPSA) is 107 Å². The molecule has 11 nitrogen and oxygen atoms in total. The fourth-order valence-corrected chi connectivity index (χ4v) is 5.23. The molecule has 2 fully saturated rings. The van der Waals surface area contributed by atoms with Gasteiger partial charge >= 0.3 is 6.09 Å². The van der Waals surface area contributed by atoms with Gasteiger partial charge < -0.3 is 29.2 Å². The number of rotatable bonds is 4. The zero-order valence-corrected chi connectivity index (χ0v) is 21.8. The molecule has 2 amide bonds. The van der Waals surface area contributed by atoms with Crippen LogP contribution >= 0.6 is 0 Å². The van der Waals surface area contributed by atoms with Crippen LogP contribution in [0.4, 0.5) is 4.79 Å². The number of nitrogens with one attached hydrogen (secondary N) is 1. The monoisotopic (exact) mass is 533 g/mol. The summed E-state index contributed by atoms with van der Waals surface area (Å²) >= 11 is 0. The Bertz CT molecular complexity index is 1370. The molecule has 3 aliphatic heterocycles. The molecule has 204 valence electrons. The first-order valence-corrected chi connectivity index (χ1v) is 13.1. The number of aromatic nitrogens is 2. The number of methoxy groups -OCH3 is 1. The average Bonchev–Trinajstić information content (AvgIpc) is 3.62. The van der Waals surface area contributed by atoms with Gasteiger partial charge in [0.2, 0.25) is 5.91 Å². The third kappa shape index (κ3) is 5.41. The summed E-state index contributed by atoms with van der Waals surface area (Å²) in [6, 6.07) is 11.4. The van der Waals surface area contributed by atoms with Crippen molar-refractivity contribution in [1.82, 2.24) is 24.7 Å². The normalized spacial score (nSPS) is 19.5. The molecule has 0 unspecified atom stereocenters. The number of carbonyl (C=O) groups is 2. The molecule has 1 aromatic heterocycles. The summed E-state index contributed by atoms with van der Waals surface area (Å²) in [6.07, 6.45) is 3.13. The molecule has 2 aromatic carbocycles. The molecule has 3 aromatic rings. The standard InChI is InChI=1S/C28H31N5O6/c1-36-24-3-2-21-15-25(24)38-11-8-32(27(34)23-18-39-28(35)30-23)17-20-12-19(16-31-6-9-37-10-7-31)13-22(14-20)33-5-4-29-26(21)33/h2-5,12-15,23H,6-11,16-18H2,1H3,(H,30,35)/t23-/m0/s1. The second kappa shape index (κ2) is 11.0. The van der Waals surface area contributed by atoms with Gasteiger partial charge in [0.05, 0.1) is 26.9 Å². The van der Waals surface area contributed by atoms with E-state index in [9.17, 15) is 9.59 Å². The van der Waals surface area contributed by atoms with Crippen LogP contribution < -0.4 is 14.8 Å². The Morgan fingerprint density at radius 3 is 2.77 bits per heavy atom. The lowest BCUT2D eigenvalue weighted by Gasteiger charge is -2.28. The van der Waals surface area contributed by atoms with Crippen molar-refractivity contribution in [2.45, 2.75) is 19.1 Å². The van der Waals surface area contributed by atoms with Crippen molar-refractivity contribution in [3.63, 3.8) is 0 Å². The quantitative estimate of drug-likeness (QED) is 0.544. The number of nitrogens with zero attached hydrogens (tertiary/aromatic N) is 4. The summed E-state index contributed by atoms with van der Waals surface area (Å²) < 4.78 is 24.2. The minimum Gasteiger partial charge on any atom is -0.493 e. The van der Waals surface area contributed by atoms with Gasteiger partial charge in [0.15, 0.2) is 11.5 Å². The second-order valence-corrected chi connectivity index (χ2v) is 9.79. The third-order valence-corrected chi connectivity index (χ3v) is 7.16. The summed E-state index contributed by atoms with van der Waals surface area (Å²) in [5.74, 6) is 1.71. The molecule has 3 aliphatic rings. The van der Waals surface area contributed by atoms with Crippen molar-refractivity contribution < 1.29 is 28.5 Å². The van der Waals surface area contributed by atoms with Crippen LogP contribution in [0.25, 0.3) is 17.1 Å². The zero-order chi connectivity index (χ0) is 26.8. The maximum absolute atomic E-state index is 13.5. The van der Waals surface area contributed by atoms with Gasteiger partial charge in [0.25, 0.3) is 0 Å². The molecule has 6 rings (SSSR count). The second-order valence-electron chi connectivity index (χ2n) is 9.79. The number of hydrogen-bond donors (Lipinski definition) is 1. The number of hydrogen-bond acceptors (Lipinski definition) is 8. The van der Waals surface area contributed by atoms with Crippen LogP contribution in [0.3, 0.4) is 0 Å². The Balaban J connectivity index is 1.42. The Hall–Kier alpha value is -4.09. The van der Waals surface area contributed by atoms with Gasteiger partial charge in [-0.05, 0) is 41.5 Å². The van der Waals surface area contributed by atoms with E-state index in [4.69, 9.17) is 18.9 Å².